The average molecular weight is 289 g/mol. The predicted octanol–water partition coefficient (Wildman–Crippen LogP) is 5.23. The van der Waals surface area contributed by atoms with E-state index in [-0.39, 0.29) is 5.82 Å². The minimum absolute atomic E-state index is 0.132. The van der Waals surface area contributed by atoms with Crippen LogP contribution in [0.3, 0.4) is 0 Å². The Bertz CT molecular complexity index is 431. The zero-order valence-electron chi connectivity index (χ0n) is 13.2. The van der Waals surface area contributed by atoms with Crippen molar-refractivity contribution in [2.75, 3.05) is 0 Å². The van der Waals surface area contributed by atoms with Crippen LogP contribution in [0.15, 0.2) is 24.3 Å². The van der Waals surface area contributed by atoms with Gasteiger partial charge in [-0.25, -0.2) is 4.39 Å². The second-order valence-corrected chi connectivity index (χ2v) is 6.95. The smallest absolute Gasteiger partial charge is 0.123 e. The number of rotatable bonds is 6. The molecule has 0 amide bonds. The van der Waals surface area contributed by atoms with Crippen LogP contribution in [-0.2, 0) is 0 Å². The first-order chi connectivity index (χ1) is 10.3. The standard InChI is InChI=1S/C19H28FN/c1-2-18(14-6-4-3-5-7-14)21-19(15-8-9-15)16-10-12-17(20)13-11-16/h10-15,18-19,21H,2-9H2,1H3. The van der Waals surface area contributed by atoms with Crippen LogP contribution in [0.4, 0.5) is 4.39 Å². The normalized spacial score (nSPS) is 23.0. The predicted molar refractivity (Wildman–Crippen MR) is 85.7 cm³/mol. The monoisotopic (exact) mass is 289 g/mol. The van der Waals surface area contributed by atoms with Crippen molar-refractivity contribution in [1.82, 2.24) is 5.32 Å². The molecule has 0 spiro atoms. The third-order valence-corrected chi connectivity index (χ3v) is 5.37. The maximum absolute atomic E-state index is 13.2. The molecule has 21 heavy (non-hydrogen) atoms. The van der Waals surface area contributed by atoms with Crippen LogP contribution in [0.5, 0.6) is 0 Å². The quantitative estimate of drug-likeness (QED) is 0.756. The summed E-state index contributed by atoms with van der Waals surface area (Å²) in [4.78, 5) is 0. The van der Waals surface area contributed by atoms with Crippen molar-refractivity contribution in [3.63, 3.8) is 0 Å². The number of benzene rings is 1. The third kappa shape index (κ3) is 3.85. The molecule has 2 fully saturated rings. The van der Waals surface area contributed by atoms with Crippen LogP contribution in [0.2, 0.25) is 0 Å². The molecule has 1 aromatic carbocycles. The summed E-state index contributed by atoms with van der Waals surface area (Å²) in [5.41, 5.74) is 1.27. The van der Waals surface area contributed by atoms with Gasteiger partial charge in [0.15, 0.2) is 0 Å². The fourth-order valence-corrected chi connectivity index (χ4v) is 3.96. The molecule has 0 aliphatic heterocycles. The van der Waals surface area contributed by atoms with Gasteiger partial charge in [-0.1, -0.05) is 38.3 Å². The van der Waals surface area contributed by atoms with Crippen LogP contribution in [0.1, 0.15) is 69.9 Å². The lowest BCUT2D eigenvalue weighted by atomic mass is 9.82. The molecule has 116 valence electrons. The minimum atomic E-state index is -0.132. The van der Waals surface area contributed by atoms with E-state index < -0.39 is 0 Å². The number of halogens is 1. The van der Waals surface area contributed by atoms with Crippen molar-refractivity contribution in [2.24, 2.45) is 11.8 Å². The highest BCUT2D eigenvalue weighted by Gasteiger charge is 2.35. The van der Waals surface area contributed by atoms with E-state index in [1.54, 1.807) is 12.1 Å². The summed E-state index contributed by atoms with van der Waals surface area (Å²) < 4.78 is 13.2. The lowest BCUT2D eigenvalue weighted by molar-refractivity contribution is 0.238. The van der Waals surface area contributed by atoms with Gasteiger partial charge in [0.1, 0.15) is 5.82 Å². The molecule has 2 aliphatic rings. The molecule has 0 heterocycles. The molecule has 1 N–H and O–H groups in total. The van der Waals surface area contributed by atoms with Gasteiger partial charge in [-0.15, -0.1) is 0 Å². The minimum Gasteiger partial charge on any atom is -0.307 e. The van der Waals surface area contributed by atoms with Crippen molar-refractivity contribution in [1.29, 1.82) is 0 Å². The molecule has 1 aromatic rings. The van der Waals surface area contributed by atoms with E-state index in [1.807, 2.05) is 12.1 Å². The van der Waals surface area contributed by atoms with Gasteiger partial charge in [0.2, 0.25) is 0 Å². The first kappa shape index (κ1) is 15.0. The highest BCUT2D eigenvalue weighted by molar-refractivity contribution is 5.22. The first-order valence-electron chi connectivity index (χ1n) is 8.79. The molecule has 2 unspecified atom stereocenters. The molecule has 0 aromatic heterocycles. The van der Waals surface area contributed by atoms with Gasteiger partial charge in [0, 0.05) is 12.1 Å². The van der Waals surface area contributed by atoms with Gasteiger partial charge in [-0.2, -0.15) is 0 Å². The van der Waals surface area contributed by atoms with Gasteiger partial charge >= 0.3 is 0 Å². The van der Waals surface area contributed by atoms with Gasteiger partial charge in [-0.05, 0) is 61.6 Å². The second-order valence-electron chi connectivity index (χ2n) is 6.95. The molecule has 0 radical (unpaired) electrons. The van der Waals surface area contributed by atoms with Crippen LogP contribution >= 0.6 is 0 Å². The van der Waals surface area contributed by atoms with Crippen molar-refractivity contribution in [3.8, 4) is 0 Å². The van der Waals surface area contributed by atoms with Gasteiger partial charge in [0.25, 0.3) is 0 Å². The highest BCUT2D eigenvalue weighted by Crippen LogP contribution is 2.42. The van der Waals surface area contributed by atoms with Gasteiger partial charge in [-0.3, -0.25) is 0 Å². The summed E-state index contributed by atoms with van der Waals surface area (Å²) in [6.45, 7) is 2.31. The Morgan fingerprint density at radius 3 is 2.24 bits per heavy atom. The zero-order chi connectivity index (χ0) is 14.7. The maximum Gasteiger partial charge on any atom is 0.123 e. The Labute approximate surface area is 128 Å². The van der Waals surface area contributed by atoms with E-state index in [0.717, 1.165) is 11.8 Å². The SMILES string of the molecule is CCC(NC(c1ccc(F)cc1)C1CC1)C1CCCCC1. The van der Waals surface area contributed by atoms with Crippen molar-refractivity contribution >= 4 is 0 Å². The molecule has 1 nitrogen and oxygen atoms in total. The lowest BCUT2D eigenvalue weighted by Gasteiger charge is -2.34. The molecule has 2 atom stereocenters. The summed E-state index contributed by atoms with van der Waals surface area (Å²) in [7, 11) is 0. The summed E-state index contributed by atoms with van der Waals surface area (Å²) in [5, 5.41) is 3.95. The van der Waals surface area contributed by atoms with Crippen LogP contribution < -0.4 is 5.32 Å². The summed E-state index contributed by atoms with van der Waals surface area (Å²) in [6.07, 6.45) is 10.8. The maximum atomic E-state index is 13.2. The second kappa shape index (κ2) is 6.91. The lowest BCUT2D eigenvalue weighted by Crippen LogP contribution is -2.40. The third-order valence-electron chi connectivity index (χ3n) is 5.37. The first-order valence-corrected chi connectivity index (χ1v) is 8.79. The average Bonchev–Trinajstić information content (AvgIpc) is 3.35. The molecule has 2 aliphatic carbocycles. The molecule has 0 saturated heterocycles. The number of hydrogen-bond donors (Lipinski definition) is 1. The summed E-state index contributed by atoms with van der Waals surface area (Å²) in [6, 6.07) is 8.21. The van der Waals surface area contributed by atoms with Crippen LogP contribution in [-0.4, -0.2) is 6.04 Å². The topological polar surface area (TPSA) is 12.0 Å². The fraction of sp³-hybridized carbons (Fsp3) is 0.684. The van der Waals surface area contributed by atoms with Gasteiger partial charge < -0.3 is 5.32 Å². The molecule has 2 heteroatoms. The number of hydrogen-bond acceptors (Lipinski definition) is 1. The molecule has 0 bridgehead atoms. The highest BCUT2D eigenvalue weighted by atomic mass is 19.1. The van der Waals surface area contributed by atoms with E-state index >= 15 is 0 Å². The Balaban J connectivity index is 1.69. The van der Waals surface area contributed by atoms with E-state index in [9.17, 15) is 4.39 Å². The van der Waals surface area contributed by atoms with Crippen molar-refractivity contribution in [3.05, 3.63) is 35.6 Å². The largest absolute Gasteiger partial charge is 0.307 e. The fourth-order valence-electron chi connectivity index (χ4n) is 3.96. The Morgan fingerprint density at radius 2 is 1.67 bits per heavy atom. The Kier molecular flexibility index (Phi) is 4.95. The van der Waals surface area contributed by atoms with E-state index in [2.05, 4.69) is 12.2 Å². The molecule has 3 rings (SSSR count). The van der Waals surface area contributed by atoms with Gasteiger partial charge in [0.05, 0.1) is 0 Å². The van der Waals surface area contributed by atoms with E-state index in [4.69, 9.17) is 0 Å². The Morgan fingerprint density at radius 1 is 1.00 bits per heavy atom. The zero-order valence-corrected chi connectivity index (χ0v) is 13.2. The number of nitrogens with one attached hydrogen (secondary N) is 1. The Hall–Kier alpha value is -0.890. The molecular weight excluding hydrogens is 261 g/mol. The molecular formula is C19H28FN. The van der Waals surface area contributed by atoms with E-state index in [1.165, 1.54) is 56.9 Å². The van der Waals surface area contributed by atoms with E-state index in [0.29, 0.717) is 12.1 Å². The van der Waals surface area contributed by atoms with Crippen LogP contribution in [0, 0.1) is 17.7 Å². The summed E-state index contributed by atoms with van der Waals surface area (Å²) >= 11 is 0. The molecule has 2 saturated carbocycles. The van der Waals surface area contributed by atoms with Crippen molar-refractivity contribution in [2.45, 2.75) is 70.4 Å². The van der Waals surface area contributed by atoms with Crippen LogP contribution in [0.25, 0.3) is 0 Å². The summed E-state index contributed by atoms with van der Waals surface area (Å²) in [5.74, 6) is 1.46. The van der Waals surface area contributed by atoms with Crippen molar-refractivity contribution < 1.29 is 4.39 Å².